The van der Waals surface area contributed by atoms with Crippen molar-refractivity contribution in [3.05, 3.63) is 0 Å². The number of nitrogens with one attached hydrogen (secondary N) is 4. The maximum absolute atomic E-state index is 12.0. The molecule has 13 nitrogen and oxygen atoms in total. The average Bonchev–Trinajstić information content (AvgIpc) is 2.76. The highest BCUT2D eigenvalue weighted by molar-refractivity contribution is 5.86. The Balaban J connectivity index is 4.10. The van der Waals surface area contributed by atoms with Gasteiger partial charge >= 0.3 is 23.9 Å². The van der Waals surface area contributed by atoms with Crippen molar-refractivity contribution in [3.63, 3.8) is 0 Å². The topological polar surface area (TPSA) is 211 Å². The molecule has 2 atom stereocenters. The van der Waals surface area contributed by atoms with E-state index in [-0.39, 0.29) is 30.6 Å². The SMILES string of the molecule is CC(C)C(=O)NCCCCCC(=O)NCCCC[C@H](NC(=O)N[C@@H](CCC(=O)O)C(=O)O)C(=O)O. The molecule has 0 aromatic carbocycles. The van der Waals surface area contributed by atoms with Crippen LogP contribution in [-0.4, -0.2) is 76.2 Å². The zero-order valence-corrected chi connectivity index (χ0v) is 20.3. The highest BCUT2D eigenvalue weighted by Crippen LogP contribution is 2.04. The van der Waals surface area contributed by atoms with Gasteiger partial charge in [0.25, 0.3) is 0 Å². The molecule has 0 aromatic rings. The maximum Gasteiger partial charge on any atom is 0.326 e. The van der Waals surface area contributed by atoms with Crippen LogP contribution in [0.15, 0.2) is 0 Å². The van der Waals surface area contributed by atoms with E-state index < -0.39 is 42.4 Å². The first-order chi connectivity index (χ1) is 16.4. The molecule has 0 fully saturated rings. The lowest BCUT2D eigenvalue weighted by Gasteiger charge is -2.18. The molecule has 35 heavy (non-hydrogen) atoms. The normalized spacial score (nSPS) is 12.3. The van der Waals surface area contributed by atoms with Crippen LogP contribution in [0.25, 0.3) is 0 Å². The lowest BCUT2D eigenvalue weighted by molar-refractivity contribution is -0.141. The third-order valence-corrected chi connectivity index (χ3v) is 5.00. The first-order valence-corrected chi connectivity index (χ1v) is 11.7. The molecule has 0 heterocycles. The van der Waals surface area contributed by atoms with E-state index in [0.29, 0.717) is 38.8 Å². The third-order valence-electron chi connectivity index (χ3n) is 5.00. The summed E-state index contributed by atoms with van der Waals surface area (Å²) in [5, 5.41) is 36.8. The fourth-order valence-electron chi connectivity index (χ4n) is 2.93. The van der Waals surface area contributed by atoms with Gasteiger partial charge in [-0.2, -0.15) is 0 Å². The van der Waals surface area contributed by atoms with Gasteiger partial charge in [0.05, 0.1) is 0 Å². The molecule has 0 aliphatic carbocycles. The highest BCUT2D eigenvalue weighted by Gasteiger charge is 2.24. The van der Waals surface area contributed by atoms with Gasteiger partial charge in [0.2, 0.25) is 11.8 Å². The summed E-state index contributed by atoms with van der Waals surface area (Å²) in [7, 11) is 0. The molecule has 7 N–H and O–H groups in total. The Kier molecular flexibility index (Phi) is 16.3. The van der Waals surface area contributed by atoms with Crippen LogP contribution in [0.5, 0.6) is 0 Å². The predicted molar refractivity (Wildman–Crippen MR) is 125 cm³/mol. The summed E-state index contributed by atoms with van der Waals surface area (Å²) in [6, 6.07) is -3.75. The highest BCUT2D eigenvalue weighted by atomic mass is 16.4. The fraction of sp³-hybridized carbons (Fsp3) is 0.727. The molecule has 0 saturated carbocycles. The first kappa shape index (κ1) is 31.6. The first-order valence-electron chi connectivity index (χ1n) is 11.7. The number of amides is 4. The number of carbonyl (C=O) groups excluding carboxylic acids is 3. The van der Waals surface area contributed by atoms with E-state index in [1.165, 1.54) is 0 Å². The van der Waals surface area contributed by atoms with Gasteiger partial charge in [0, 0.05) is 31.8 Å². The van der Waals surface area contributed by atoms with E-state index in [1.807, 2.05) is 13.8 Å². The minimum atomic E-state index is -1.46. The molecule has 0 bridgehead atoms. The van der Waals surface area contributed by atoms with Crippen molar-refractivity contribution in [3.8, 4) is 0 Å². The standard InChI is InChI=1S/C22H38N4O9/c1-14(2)19(30)24-13-6-3-4-9-17(27)23-12-7-5-8-15(20(31)32)25-22(35)26-16(21(33)34)10-11-18(28)29/h14-16H,3-13H2,1-2H3,(H,23,27)(H,24,30)(H,28,29)(H,31,32)(H,33,34)(H2,25,26,35)/t15-,16-/m0/s1. The van der Waals surface area contributed by atoms with Gasteiger partial charge < -0.3 is 36.6 Å². The molecule has 0 rings (SSSR count). The smallest absolute Gasteiger partial charge is 0.326 e. The molecular formula is C22H38N4O9. The number of hydrogen-bond acceptors (Lipinski definition) is 6. The number of carboxylic acid groups (broad SMARTS) is 3. The Morgan fingerprint density at radius 3 is 1.74 bits per heavy atom. The van der Waals surface area contributed by atoms with Crippen molar-refractivity contribution in [2.75, 3.05) is 13.1 Å². The quantitative estimate of drug-likeness (QED) is 0.124. The molecule has 0 spiro atoms. The Morgan fingerprint density at radius 2 is 1.20 bits per heavy atom. The number of carboxylic acids is 3. The molecule has 0 radical (unpaired) electrons. The van der Waals surface area contributed by atoms with Crippen LogP contribution < -0.4 is 21.3 Å². The van der Waals surface area contributed by atoms with E-state index in [0.717, 1.165) is 12.8 Å². The molecule has 13 heteroatoms. The van der Waals surface area contributed by atoms with Crippen LogP contribution in [0.4, 0.5) is 4.79 Å². The number of carbonyl (C=O) groups is 6. The molecule has 0 aliphatic rings. The molecule has 0 aliphatic heterocycles. The van der Waals surface area contributed by atoms with Gasteiger partial charge in [-0.15, -0.1) is 0 Å². The Morgan fingerprint density at radius 1 is 0.657 bits per heavy atom. The number of unbranched alkanes of at least 4 members (excludes halogenated alkanes) is 3. The van der Waals surface area contributed by atoms with E-state index >= 15 is 0 Å². The summed E-state index contributed by atoms with van der Waals surface area (Å²) in [6.07, 6.45) is 2.75. The second-order valence-electron chi connectivity index (χ2n) is 8.43. The summed E-state index contributed by atoms with van der Waals surface area (Å²) in [5.41, 5.74) is 0. The average molecular weight is 503 g/mol. The molecule has 0 unspecified atom stereocenters. The summed E-state index contributed by atoms with van der Waals surface area (Å²) < 4.78 is 0. The molecule has 0 saturated heterocycles. The summed E-state index contributed by atoms with van der Waals surface area (Å²) in [6.45, 7) is 4.56. The Labute approximate surface area is 204 Å². The largest absolute Gasteiger partial charge is 0.481 e. The lowest BCUT2D eigenvalue weighted by atomic mass is 10.1. The summed E-state index contributed by atoms with van der Waals surface area (Å²) in [5.74, 6) is -4.12. The van der Waals surface area contributed by atoms with Gasteiger partial charge in [-0.25, -0.2) is 14.4 Å². The third kappa shape index (κ3) is 16.8. The molecular weight excluding hydrogens is 464 g/mol. The van der Waals surface area contributed by atoms with Crippen LogP contribution in [0.1, 0.15) is 71.6 Å². The summed E-state index contributed by atoms with van der Waals surface area (Å²) >= 11 is 0. The van der Waals surface area contributed by atoms with Gasteiger partial charge in [0.15, 0.2) is 0 Å². The monoisotopic (exact) mass is 502 g/mol. The van der Waals surface area contributed by atoms with Gasteiger partial charge in [-0.05, 0) is 38.5 Å². The number of aliphatic carboxylic acids is 3. The van der Waals surface area contributed by atoms with E-state index in [9.17, 15) is 33.9 Å². The number of urea groups is 1. The van der Waals surface area contributed by atoms with Gasteiger partial charge in [-0.1, -0.05) is 20.3 Å². The molecule has 4 amide bonds. The van der Waals surface area contributed by atoms with Crippen molar-refractivity contribution >= 4 is 35.8 Å². The minimum Gasteiger partial charge on any atom is -0.481 e. The van der Waals surface area contributed by atoms with Crippen molar-refractivity contribution < 1.29 is 44.1 Å². The van der Waals surface area contributed by atoms with Crippen LogP contribution in [0.3, 0.4) is 0 Å². The van der Waals surface area contributed by atoms with E-state index in [2.05, 4.69) is 21.3 Å². The number of rotatable bonds is 19. The lowest BCUT2D eigenvalue weighted by Crippen LogP contribution is -2.51. The summed E-state index contributed by atoms with van der Waals surface area (Å²) in [4.78, 5) is 68.3. The molecule has 200 valence electrons. The zero-order valence-electron chi connectivity index (χ0n) is 20.3. The second-order valence-corrected chi connectivity index (χ2v) is 8.43. The zero-order chi connectivity index (χ0) is 26.8. The van der Waals surface area contributed by atoms with Gasteiger partial charge in [-0.3, -0.25) is 14.4 Å². The van der Waals surface area contributed by atoms with E-state index in [1.54, 1.807) is 0 Å². The van der Waals surface area contributed by atoms with Crippen LogP contribution in [0.2, 0.25) is 0 Å². The molecule has 0 aromatic heterocycles. The van der Waals surface area contributed by atoms with Crippen molar-refractivity contribution in [2.24, 2.45) is 5.92 Å². The minimum absolute atomic E-state index is 0.00361. The predicted octanol–water partition coefficient (Wildman–Crippen LogP) is 0.676. The Bertz CT molecular complexity index is 728. The second kappa shape index (κ2) is 18.0. The maximum atomic E-state index is 12.0. The Hall–Kier alpha value is -3.38. The van der Waals surface area contributed by atoms with E-state index in [4.69, 9.17) is 10.2 Å². The van der Waals surface area contributed by atoms with Crippen LogP contribution in [-0.2, 0) is 24.0 Å². The number of hydrogen-bond donors (Lipinski definition) is 7. The fourth-order valence-corrected chi connectivity index (χ4v) is 2.93. The van der Waals surface area contributed by atoms with Gasteiger partial charge in [0.1, 0.15) is 12.1 Å². The van der Waals surface area contributed by atoms with Crippen molar-refractivity contribution in [2.45, 2.75) is 83.7 Å². The van der Waals surface area contributed by atoms with Crippen molar-refractivity contribution in [1.29, 1.82) is 0 Å². The van der Waals surface area contributed by atoms with Crippen LogP contribution in [0, 0.1) is 5.92 Å². The van der Waals surface area contributed by atoms with Crippen LogP contribution >= 0.6 is 0 Å². The van der Waals surface area contributed by atoms with Crippen molar-refractivity contribution in [1.82, 2.24) is 21.3 Å².